The predicted molar refractivity (Wildman–Crippen MR) is 47.4 cm³/mol. The lowest BCUT2D eigenvalue weighted by molar-refractivity contribution is 0.0541. The van der Waals surface area contributed by atoms with Crippen LogP contribution in [0.5, 0.6) is 0 Å². The van der Waals surface area contributed by atoms with Gasteiger partial charge in [-0.2, -0.15) is 5.26 Å². The largest absolute Gasteiger partial charge is 0.375 e. The zero-order chi connectivity index (χ0) is 9.03. The summed E-state index contributed by atoms with van der Waals surface area (Å²) in [5.41, 5.74) is -0.991. The monoisotopic (exact) mass is 167 g/mol. The van der Waals surface area contributed by atoms with Gasteiger partial charge in [-0.25, -0.2) is 0 Å². The second-order valence-corrected chi connectivity index (χ2v) is 3.77. The Kier molecular flexibility index (Phi) is 3.11. The van der Waals surface area contributed by atoms with Crippen molar-refractivity contribution in [2.45, 2.75) is 51.0 Å². The Morgan fingerprint density at radius 2 is 2.42 bits per heavy atom. The third-order valence-corrected chi connectivity index (χ3v) is 2.89. The normalized spacial score (nSPS) is 34.9. The summed E-state index contributed by atoms with van der Waals surface area (Å²) in [7, 11) is 0. The molecule has 0 bridgehead atoms. The fraction of sp³-hybridized carbons (Fsp3) is 0.900. The van der Waals surface area contributed by atoms with E-state index in [0.29, 0.717) is 6.42 Å². The van der Waals surface area contributed by atoms with E-state index >= 15 is 0 Å². The number of nitriles is 1. The van der Waals surface area contributed by atoms with Gasteiger partial charge >= 0.3 is 0 Å². The average molecular weight is 167 g/mol. The summed E-state index contributed by atoms with van der Waals surface area (Å²) in [6.45, 7) is 2.14. The van der Waals surface area contributed by atoms with Crippen molar-refractivity contribution in [1.29, 1.82) is 5.26 Å². The molecule has 1 fully saturated rings. The third kappa shape index (κ3) is 1.78. The summed E-state index contributed by atoms with van der Waals surface area (Å²) in [5, 5.41) is 18.6. The molecule has 0 aromatic heterocycles. The number of hydrogen-bond acceptors (Lipinski definition) is 2. The van der Waals surface area contributed by atoms with Crippen LogP contribution in [0.25, 0.3) is 0 Å². The number of hydrogen-bond donors (Lipinski definition) is 1. The minimum Gasteiger partial charge on any atom is -0.375 e. The van der Waals surface area contributed by atoms with Crippen LogP contribution >= 0.6 is 0 Å². The molecule has 0 radical (unpaired) electrons. The molecule has 1 aliphatic carbocycles. The third-order valence-electron chi connectivity index (χ3n) is 2.89. The summed E-state index contributed by atoms with van der Waals surface area (Å²) in [4.78, 5) is 0. The molecule has 0 amide bonds. The molecule has 12 heavy (non-hydrogen) atoms. The second-order valence-electron chi connectivity index (χ2n) is 3.77. The smallest absolute Gasteiger partial charge is 0.153 e. The molecular formula is C10H17NO. The first-order valence-corrected chi connectivity index (χ1v) is 4.86. The Balaban J connectivity index is 2.47. The van der Waals surface area contributed by atoms with Gasteiger partial charge in [-0.3, -0.25) is 0 Å². The first-order chi connectivity index (χ1) is 5.73. The van der Waals surface area contributed by atoms with E-state index < -0.39 is 5.60 Å². The van der Waals surface area contributed by atoms with Crippen molar-refractivity contribution in [1.82, 2.24) is 0 Å². The van der Waals surface area contributed by atoms with Crippen LogP contribution in [0.4, 0.5) is 0 Å². The summed E-state index contributed by atoms with van der Waals surface area (Å²) < 4.78 is 0. The molecule has 0 heterocycles. The van der Waals surface area contributed by atoms with Crippen LogP contribution in [0.3, 0.4) is 0 Å². The maximum absolute atomic E-state index is 9.83. The Morgan fingerprint density at radius 1 is 1.67 bits per heavy atom. The summed E-state index contributed by atoms with van der Waals surface area (Å²) in [6, 6.07) is 2.05. The molecule has 0 unspecified atom stereocenters. The fourth-order valence-corrected chi connectivity index (χ4v) is 2.04. The minimum atomic E-state index is -0.991. The molecule has 2 atom stereocenters. The zero-order valence-electron chi connectivity index (χ0n) is 7.71. The zero-order valence-corrected chi connectivity index (χ0v) is 7.71. The van der Waals surface area contributed by atoms with E-state index in [2.05, 4.69) is 13.0 Å². The van der Waals surface area contributed by atoms with Crippen molar-refractivity contribution in [3.8, 4) is 6.07 Å². The van der Waals surface area contributed by atoms with E-state index in [9.17, 15) is 5.11 Å². The van der Waals surface area contributed by atoms with E-state index in [-0.39, 0.29) is 5.92 Å². The quantitative estimate of drug-likeness (QED) is 0.655. The van der Waals surface area contributed by atoms with E-state index in [0.717, 1.165) is 32.1 Å². The highest BCUT2D eigenvalue weighted by Crippen LogP contribution is 2.38. The van der Waals surface area contributed by atoms with Crippen LogP contribution in [0.15, 0.2) is 0 Å². The van der Waals surface area contributed by atoms with E-state index in [1.165, 1.54) is 0 Å². The van der Waals surface area contributed by atoms with Crippen LogP contribution in [0, 0.1) is 17.2 Å². The van der Waals surface area contributed by atoms with E-state index in [4.69, 9.17) is 5.26 Å². The van der Waals surface area contributed by atoms with Gasteiger partial charge in [-0.05, 0) is 25.7 Å². The van der Waals surface area contributed by atoms with Crippen molar-refractivity contribution < 1.29 is 5.11 Å². The Labute approximate surface area is 74.2 Å². The molecule has 2 nitrogen and oxygen atoms in total. The Morgan fingerprint density at radius 3 is 3.00 bits per heavy atom. The lowest BCUT2D eigenvalue weighted by Crippen LogP contribution is -2.30. The predicted octanol–water partition coefficient (Wildman–Crippen LogP) is 2.23. The van der Waals surface area contributed by atoms with Crippen molar-refractivity contribution in [3.05, 3.63) is 0 Å². The molecule has 1 N–H and O–H groups in total. The molecule has 0 aliphatic heterocycles. The van der Waals surface area contributed by atoms with Crippen LogP contribution in [0.1, 0.15) is 45.4 Å². The number of nitrogens with zero attached hydrogens (tertiary/aromatic N) is 1. The highest BCUT2D eigenvalue weighted by molar-refractivity contribution is 5.07. The molecule has 1 saturated carbocycles. The second kappa shape index (κ2) is 3.91. The summed E-state index contributed by atoms with van der Waals surface area (Å²) in [6.07, 6.45) is 6.02. The van der Waals surface area contributed by atoms with Gasteiger partial charge in [0.15, 0.2) is 5.60 Å². The van der Waals surface area contributed by atoms with Gasteiger partial charge in [0.05, 0.1) is 6.07 Å². The van der Waals surface area contributed by atoms with Crippen LogP contribution < -0.4 is 0 Å². The molecule has 0 aromatic carbocycles. The molecule has 0 aromatic rings. The number of aliphatic hydroxyl groups is 1. The van der Waals surface area contributed by atoms with Crippen LogP contribution in [-0.4, -0.2) is 10.7 Å². The molecule has 1 rings (SSSR count). The van der Waals surface area contributed by atoms with Crippen molar-refractivity contribution in [3.63, 3.8) is 0 Å². The standard InChI is InChI=1S/C10H17NO/c1-2-3-5-9-6-4-7-10(9,12)8-11/h9,12H,2-7H2,1H3/t9-,10-/m0/s1. The van der Waals surface area contributed by atoms with Crippen LogP contribution in [0.2, 0.25) is 0 Å². The van der Waals surface area contributed by atoms with Gasteiger partial charge < -0.3 is 5.11 Å². The van der Waals surface area contributed by atoms with E-state index in [1.54, 1.807) is 0 Å². The Hall–Kier alpha value is -0.550. The Bertz CT molecular complexity index is 185. The first-order valence-electron chi connectivity index (χ1n) is 4.86. The van der Waals surface area contributed by atoms with Gasteiger partial charge in [0.25, 0.3) is 0 Å². The van der Waals surface area contributed by atoms with Crippen molar-refractivity contribution >= 4 is 0 Å². The SMILES string of the molecule is CCCC[C@H]1CCC[C@]1(O)C#N. The maximum atomic E-state index is 9.83. The fourth-order valence-electron chi connectivity index (χ4n) is 2.04. The van der Waals surface area contributed by atoms with Crippen LogP contribution in [-0.2, 0) is 0 Å². The molecule has 0 spiro atoms. The van der Waals surface area contributed by atoms with Gasteiger partial charge in [0.1, 0.15) is 0 Å². The molecular weight excluding hydrogens is 150 g/mol. The number of rotatable bonds is 3. The number of unbranched alkanes of at least 4 members (excludes halogenated alkanes) is 1. The molecule has 2 heteroatoms. The molecule has 0 saturated heterocycles. The maximum Gasteiger partial charge on any atom is 0.153 e. The highest BCUT2D eigenvalue weighted by atomic mass is 16.3. The molecule has 68 valence electrons. The lowest BCUT2D eigenvalue weighted by Gasteiger charge is -2.21. The molecule has 1 aliphatic rings. The van der Waals surface area contributed by atoms with E-state index in [1.807, 2.05) is 0 Å². The summed E-state index contributed by atoms with van der Waals surface area (Å²) >= 11 is 0. The topological polar surface area (TPSA) is 44.0 Å². The van der Waals surface area contributed by atoms with Gasteiger partial charge in [0.2, 0.25) is 0 Å². The lowest BCUT2D eigenvalue weighted by atomic mass is 9.88. The first kappa shape index (κ1) is 9.54. The van der Waals surface area contributed by atoms with Gasteiger partial charge in [-0.1, -0.05) is 19.8 Å². The van der Waals surface area contributed by atoms with Crippen molar-refractivity contribution in [2.75, 3.05) is 0 Å². The van der Waals surface area contributed by atoms with Gasteiger partial charge in [0, 0.05) is 5.92 Å². The van der Waals surface area contributed by atoms with Gasteiger partial charge in [-0.15, -0.1) is 0 Å². The summed E-state index contributed by atoms with van der Waals surface area (Å²) in [5.74, 6) is 0.238. The van der Waals surface area contributed by atoms with Crippen molar-refractivity contribution in [2.24, 2.45) is 5.92 Å². The minimum absolute atomic E-state index is 0.238. The highest BCUT2D eigenvalue weighted by Gasteiger charge is 2.40. The average Bonchev–Trinajstić information content (AvgIpc) is 2.45.